The Labute approximate surface area is 146 Å². The van der Waals surface area contributed by atoms with Crippen LogP contribution in [0.3, 0.4) is 0 Å². The number of nitrogens with two attached hydrogens (primary N) is 1. The second-order valence-corrected chi connectivity index (χ2v) is 6.17. The summed E-state index contributed by atoms with van der Waals surface area (Å²) in [5, 5.41) is 2.78. The van der Waals surface area contributed by atoms with Gasteiger partial charge in [-0.3, -0.25) is 4.79 Å². The highest BCUT2D eigenvalue weighted by Crippen LogP contribution is 2.30. The van der Waals surface area contributed by atoms with Gasteiger partial charge in [0.05, 0.1) is 0 Å². The molecule has 0 unspecified atom stereocenters. The highest BCUT2D eigenvalue weighted by Gasteiger charge is 2.15. The predicted molar refractivity (Wildman–Crippen MR) is 95.3 cm³/mol. The van der Waals surface area contributed by atoms with Gasteiger partial charge in [0.15, 0.2) is 5.76 Å². The molecule has 0 radical (unpaired) electrons. The summed E-state index contributed by atoms with van der Waals surface area (Å²) in [6, 6.07) is 12.7. The number of hydrogen-bond donors (Lipinski definition) is 2. The summed E-state index contributed by atoms with van der Waals surface area (Å²) in [5.74, 6) is -0.0835. The fourth-order valence-corrected chi connectivity index (χ4v) is 2.85. The Morgan fingerprint density at radius 1 is 1.17 bits per heavy atom. The number of rotatable bonds is 3. The van der Waals surface area contributed by atoms with Crippen LogP contribution in [0.15, 0.2) is 57.4 Å². The highest BCUT2D eigenvalue weighted by molar-refractivity contribution is 9.10. The first-order valence-electron chi connectivity index (χ1n) is 7.17. The lowest BCUT2D eigenvalue weighted by atomic mass is 10.2. The second kappa shape index (κ2) is 6.49. The molecule has 6 heteroatoms. The summed E-state index contributed by atoms with van der Waals surface area (Å²) in [4.78, 5) is 12.3. The fraction of sp³-hybridized carbons (Fsp3) is 0.0556. The normalized spacial score (nSPS) is 10.6. The second-order valence-electron chi connectivity index (χ2n) is 5.32. The zero-order valence-electron chi connectivity index (χ0n) is 12.8. The van der Waals surface area contributed by atoms with Gasteiger partial charge in [0.2, 0.25) is 0 Å². The van der Waals surface area contributed by atoms with E-state index in [0.717, 1.165) is 5.56 Å². The summed E-state index contributed by atoms with van der Waals surface area (Å²) in [5.41, 5.74) is 8.52. The lowest BCUT2D eigenvalue weighted by Gasteiger charge is -2.07. The number of carbonyl (C=O) groups is 1. The smallest absolute Gasteiger partial charge is 0.291 e. The predicted octanol–water partition coefficient (Wildman–Crippen LogP) is 4.99. The van der Waals surface area contributed by atoms with Crippen molar-refractivity contribution in [2.75, 3.05) is 11.1 Å². The monoisotopic (exact) mass is 388 g/mol. The molecule has 24 heavy (non-hydrogen) atoms. The molecule has 2 aromatic carbocycles. The molecule has 0 saturated carbocycles. The van der Waals surface area contributed by atoms with E-state index in [-0.39, 0.29) is 17.5 Å². The quantitative estimate of drug-likeness (QED) is 0.620. The Morgan fingerprint density at radius 3 is 2.67 bits per heavy atom. The molecule has 3 N–H and O–H groups in total. The van der Waals surface area contributed by atoms with E-state index in [4.69, 9.17) is 10.2 Å². The van der Waals surface area contributed by atoms with E-state index in [1.807, 2.05) is 6.92 Å². The molecule has 1 aromatic heterocycles. The number of nitrogens with one attached hydrogen (secondary N) is 1. The number of anilines is 2. The molecule has 4 nitrogen and oxygen atoms in total. The van der Waals surface area contributed by atoms with Crippen molar-refractivity contribution in [2.24, 2.45) is 0 Å². The van der Waals surface area contributed by atoms with Gasteiger partial charge in [0.1, 0.15) is 11.6 Å². The Bertz CT molecular complexity index is 921. The molecule has 0 aliphatic rings. The van der Waals surface area contributed by atoms with Gasteiger partial charge >= 0.3 is 0 Å². The van der Waals surface area contributed by atoms with Gasteiger partial charge in [-0.25, -0.2) is 4.39 Å². The zero-order valence-corrected chi connectivity index (χ0v) is 14.4. The van der Waals surface area contributed by atoms with Crippen LogP contribution in [0.4, 0.5) is 15.8 Å². The van der Waals surface area contributed by atoms with Gasteiger partial charge in [-0.15, -0.1) is 0 Å². The molecule has 0 atom stereocenters. The van der Waals surface area contributed by atoms with Crippen molar-refractivity contribution in [3.8, 4) is 11.3 Å². The number of benzene rings is 2. The third-order valence-electron chi connectivity index (χ3n) is 3.53. The average Bonchev–Trinajstić information content (AvgIpc) is 3.00. The molecule has 3 aromatic rings. The van der Waals surface area contributed by atoms with Crippen LogP contribution in [0.5, 0.6) is 0 Å². The van der Waals surface area contributed by atoms with E-state index in [9.17, 15) is 9.18 Å². The lowest BCUT2D eigenvalue weighted by molar-refractivity contribution is 0.0997. The molecular weight excluding hydrogens is 375 g/mol. The van der Waals surface area contributed by atoms with Crippen LogP contribution < -0.4 is 11.1 Å². The van der Waals surface area contributed by atoms with E-state index >= 15 is 0 Å². The molecule has 0 aliphatic carbocycles. The summed E-state index contributed by atoms with van der Waals surface area (Å²) in [6.07, 6.45) is 0. The minimum absolute atomic E-state index is 0.164. The third kappa shape index (κ3) is 3.33. The molecule has 0 spiro atoms. The zero-order chi connectivity index (χ0) is 17.3. The maximum atomic E-state index is 13.2. The molecule has 0 saturated heterocycles. The summed E-state index contributed by atoms with van der Waals surface area (Å²) in [6.45, 7) is 1.86. The number of hydrogen-bond acceptors (Lipinski definition) is 3. The van der Waals surface area contributed by atoms with Gasteiger partial charge in [-0.1, -0.05) is 0 Å². The Balaban J connectivity index is 1.83. The first kappa shape index (κ1) is 16.3. The third-order valence-corrected chi connectivity index (χ3v) is 4.18. The molecular formula is C18H14BrFN2O2. The number of furan rings is 1. The Kier molecular flexibility index (Phi) is 4.40. The van der Waals surface area contributed by atoms with Crippen LogP contribution in [-0.2, 0) is 0 Å². The van der Waals surface area contributed by atoms with Crippen LogP contribution in [0.1, 0.15) is 16.1 Å². The maximum absolute atomic E-state index is 13.2. The van der Waals surface area contributed by atoms with Crippen molar-refractivity contribution in [1.82, 2.24) is 0 Å². The summed E-state index contributed by atoms with van der Waals surface area (Å²) in [7, 11) is 0. The van der Waals surface area contributed by atoms with Crippen LogP contribution in [0.2, 0.25) is 0 Å². The molecule has 0 aliphatic heterocycles. The standard InChI is InChI=1S/C18H14BrFN2O2/c1-10-8-12(21)3-5-15(10)22-18(23)17-7-6-16(24-17)13-4-2-11(20)9-14(13)19/h2-9H,21H2,1H3,(H,22,23). The minimum Gasteiger partial charge on any atom is -0.451 e. The van der Waals surface area contributed by atoms with E-state index in [2.05, 4.69) is 21.2 Å². The molecule has 122 valence electrons. The Morgan fingerprint density at radius 2 is 1.96 bits per heavy atom. The van der Waals surface area contributed by atoms with Crippen LogP contribution in [-0.4, -0.2) is 5.91 Å². The van der Waals surface area contributed by atoms with Crippen molar-refractivity contribution in [2.45, 2.75) is 6.92 Å². The van der Waals surface area contributed by atoms with Crippen molar-refractivity contribution < 1.29 is 13.6 Å². The van der Waals surface area contributed by atoms with E-state index < -0.39 is 0 Å². The van der Waals surface area contributed by atoms with E-state index in [0.29, 0.717) is 27.2 Å². The summed E-state index contributed by atoms with van der Waals surface area (Å²) < 4.78 is 19.3. The lowest BCUT2D eigenvalue weighted by Crippen LogP contribution is -2.11. The van der Waals surface area contributed by atoms with Gasteiger partial charge in [0.25, 0.3) is 5.91 Å². The van der Waals surface area contributed by atoms with Crippen LogP contribution >= 0.6 is 15.9 Å². The molecule has 3 rings (SSSR count). The molecule has 1 heterocycles. The van der Waals surface area contributed by atoms with Crippen molar-refractivity contribution in [1.29, 1.82) is 0 Å². The highest BCUT2D eigenvalue weighted by atomic mass is 79.9. The Hall–Kier alpha value is -2.60. The first-order valence-corrected chi connectivity index (χ1v) is 7.96. The SMILES string of the molecule is Cc1cc(N)ccc1NC(=O)c1ccc(-c2ccc(F)cc2Br)o1. The van der Waals surface area contributed by atoms with Crippen molar-refractivity contribution >= 4 is 33.2 Å². The minimum atomic E-state index is -0.368. The number of carbonyl (C=O) groups excluding carboxylic acids is 1. The number of amides is 1. The largest absolute Gasteiger partial charge is 0.451 e. The van der Waals surface area contributed by atoms with Crippen LogP contribution in [0.25, 0.3) is 11.3 Å². The van der Waals surface area contributed by atoms with Gasteiger partial charge in [-0.2, -0.15) is 0 Å². The topological polar surface area (TPSA) is 68.3 Å². The maximum Gasteiger partial charge on any atom is 0.291 e. The number of halogens is 2. The van der Waals surface area contributed by atoms with Crippen LogP contribution in [0, 0.1) is 12.7 Å². The molecule has 1 amide bonds. The van der Waals surface area contributed by atoms with Crippen molar-refractivity contribution in [3.63, 3.8) is 0 Å². The van der Waals surface area contributed by atoms with Gasteiger partial charge in [0, 0.05) is 21.4 Å². The molecule has 0 fully saturated rings. The van der Waals surface area contributed by atoms with Gasteiger partial charge in [-0.05, 0) is 76.9 Å². The van der Waals surface area contributed by atoms with Gasteiger partial charge < -0.3 is 15.5 Å². The first-order chi connectivity index (χ1) is 11.4. The number of aryl methyl sites for hydroxylation is 1. The number of nitrogen functional groups attached to an aromatic ring is 1. The average molecular weight is 389 g/mol. The fourth-order valence-electron chi connectivity index (χ4n) is 2.31. The van der Waals surface area contributed by atoms with E-state index in [1.54, 1.807) is 36.4 Å². The van der Waals surface area contributed by atoms with Crippen molar-refractivity contribution in [3.05, 3.63) is 70.1 Å². The summed E-state index contributed by atoms with van der Waals surface area (Å²) >= 11 is 3.29. The van der Waals surface area contributed by atoms with E-state index in [1.165, 1.54) is 12.1 Å². The molecule has 0 bridgehead atoms.